The van der Waals surface area contributed by atoms with Crippen molar-refractivity contribution in [3.05, 3.63) is 62.9 Å². The molecule has 0 aliphatic carbocycles. The fourth-order valence-corrected chi connectivity index (χ4v) is 3.49. The second-order valence-corrected chi connectivity index (χ2v) is 6.23. The van der Waals surface area contributed by atoms with Gasteiger partial charge in [0.05, 0.1) is 23.6 Å². The number of pyridine rings is 1. The number of rotatable bonds is 3. The summed E-state index contributed by atoms with van der Waals surface area (Å²) in [6, 6.07) is 12.1. The third-order valence-electron chi connectivity index (χ3n) is 3.22. The van der Waals surface area contributed by atoms with Gasteiger partial charge in [0.1, 0.15) is 5.65 Å². The number of para-hydroxylation sites is 1. The van der Waals surface area contributed by atoms with Gasteiger partial charge in [-0.2, -0.15) is 0 Å². The molecule has 102 valence electrons. The highest BCUT2D eigenvalue weighted by atomic mass is 79.9. The van der Waals surface area contributed by atoms with Crippen LogP contribution in [-0.4, -0.2) is 9.38 Å². The van der Waals surface area contributed by atoms with E-state index in [4.69, 9.17) is 0 Å². The first-order valence-electron chi connectivity index (χ1n) is 6.27. The minimum Gasteiger partial charge on any atom is -0.378 e. The predicted molar refractivity (Wildman–Crippen MR) is 89.1 cm³/mol. The summed E-state index contributed by atoms with van der Waals surface area (Å²) in [4.78, 5) is 4.57. The van der Waals surface area contributed by atoms with Crippen molar-refractivity contribution in [3.63, 3.8) is 0 Å². The van der Waals surface area contributed by atoms with Gasteiger partial charge in [0.25, 0.3) is 0 Å². The van der Waals surface area contributed by atoms with Gasteiger partial charge in [-0.05, 0) is 63.0 Å². The standard InChI is InChI=1S/C15H13Br2N3/c1-10-13(20-8-3-2-7-14(20)19-10)9-18-15-11(16)5-4-6-12(15)17/h2-8,18H,9H2,1H3. The average molecular weight is 395 g/mol. The minimum atomic E-state index is 0.720. The molecular formula is C15H13Br2N3. The second-order valence-electron chi connectivity index (χ2n) is 4.52. The predicted octanol–water partition coefficient (Wildman–Crippen LogP) is 4.78. The van der Waals surface area contributed by atoms with Gasteiger partial charge in [-0.15, -0.1) is 0 Å². The first-order valence-corrected chi connectivity index (χ1v) is 7.86. The maximum atomic E-state index is 4.57. The van der Waals surface area contributed by atoms with E-state index in [1.54, 1.807) is 0 Å². The van der Waals surface area contributed by atoms with Crippen molar-refractivity contribution in [1.29, 1.82) is 0 Å². The van der Waals surface area contributed by atoms with Crippen LogP contribution in [0.4, 0.5) is 5.69 Å². The van der Waals surface area contributed by atoms with Gasteiger partial charge < -0.3 is 9.72 Å². The molecule has 0 spiro atoms. The number of fused-ring (bicyclic) bond motifs is 1. The summed E-state index contributed by atoms with van der Waals surface area (Å²) in [5.41, 5.74) is 4.25. The van der Waals surface area contributed by atoms with E-state index in [1.165, 1.54) is 5.69 Å². The monoisotopic (exact) mass is 393 g/mol. The molecule has 0 saturated heterocycles. The molecule has 3 aromatic rings. The van der Waals surface area contributed by atoms with E-state index < -0.39 is 0 Å². The maximum absolute atomic E-state index is 4.57. The number of benzene rings is 1. The van der Waals surface area contributed by atoms with Crippen LogP contribution in [-0.2, 0) is 6.54 Å². The number of anilines is 1. The van der Waals surface area contributed by atoms with E-state index in [9.17, 15) is 0 Å². The van der Waals surface area contributed by atoms with Crippen LogP contribution in [0.15, 0.2) is 51.5 Å². The molecule has 0 bridgehead atoms. The van der Waals surface area contributed by atoms with Crippen molar-refractivity contribution < 1.29 is 0 Å². The smallest absolute Gasteiger partial charge is 0.137 e. The first-order chi connectivity index (χ1) is 9.66. The molecule has 5 heteroatoms. The summed E-state index contributed by atoms with van der Waals surface area (Å²) < 4.78 is 4.20. The van der Waals surface area contributed by atoms with Gasteiger partial charge >= 0.3 is 0 Å². The van der Waals surface area contributed by atoms with Crippen molar-refractivity contribution in [2.75, 3.05) is 5.32 Å². The quantitative estimate of drug-likeness (QED) is 0.692. The molecule has 2 heterocycles. The topological polar surface area (TPSA) is 29.3 Å². The van der Waals surface area contributed by atoms with Crippen LogP contribution in [0.2, 0.25) is 0 Å². The van der Waals surface area contributed by atoms with Crippen LogP contribution < -0.4 is 5.32 Å². The van der Waals surface area contributed by atoms with Crippen LogP contribution in [0.3, 0.4) is 0 Å². The Hall–Kier alpha value is -1.33. The molecule has 2 aromatic heterocycles. The number of hydrogen-bond acceptors (Lipinski definition) is 2. The number of aromatic nitrogens is 2. The number of imidazole rings is 1. The molecule has 0 saturated carbocycles. The molecule has 3 nitrogen and oxygen atoms in total. The molecule has 20 heavy (non-hydrogen) atoms. The molecule has 0 fully saturated rings. The molecule has 0 aliphatic rings. The molecule has 0 atom stereocenters. The first kappa shape index (κ1) is 13.6. The highest BCUT2D eigenvalue weighted by molar-refractivity contribution is 9.11. The molecule has 1 N–H and O–H groups in total. The zero-order valence-electron chi connectivity index (χ0n) is 10.9. The van der Waals surface area contributed by atoms with Gasteiger partial charge in [0.15, 0.2) is 0 Å². The van der Waals surface area contributed by atoms with Crippen LogP contribution in [0.1, 0.15) is 11.4 Å². The molecule has 1 aromatic carbocycles. The Labute approximate surface area is 134 Å². The van der Waals surface area contributed by atoms with Crippen molar-refractivity contribution in [2.24, 2.45) is 0 Å². The summed E-state index contributed by atoms with van der Waals surface area (Å²) in [6.07, 6.45) is 2.04. The lowest BCUT2D eigenvalue weighted by atomic mass is 10.3. The van der Waals surface area contributed by atoms with E-state index in [1.807, 2.05) is 49.5 Å². The van der Waals surface area contributed by atoms with E-state index in [0.29, 0.717) is 0 Å². The lowest BCUT2D eigenvalue weighted by Gasteiger charge is -2.11. The highest BCUT2D eigenvalue weighted by Crippen LogP contribution is 2.31. The Morgan fingerprint density at radius 1 is 1.10 bits per heavy atom. The van der Waals surface area contributed by atoms with Crippen molar-refractivity contribution in [2.45, 2.75) is 13.5 Å². The third-order valence-corrected chi connectivity index (χ3v) is 4.55. The summed E-state index contributed by atoms with van der Waals surface area (Å²) in [6.45, 7) is 2.76. The zero-order chi connectivity index (χ0) is 14.1. The Bertz CT molecular complexity index is 745. The Kier molecular flexibility index (Phi) is 3.81. The van der Waals surface area contributed by atoms with Gasteiger partial charge in [-0.3, -0.25) is 0 Å². The molecule has 0 amide bonds. The number of halogens is 2. The lowest BCUT2D eigenvalue weighted by molar-refractivity contribution is 0.985. The lowest BCUT2D eigenvalue weighted by Crippen LogP contribution is -2.05. The van der Waals surface area contributed by atoms with Crippen LogP contribution in [0.25, 0.3) is 5.65 Å². The van der Waals surface area contributed by atoms with Gasteiger partial charge in [-0.25, -0.2) is 4.98 Å². The zero-order valence-corrected chi connectivity index (χ0v) is 14.1. The largest absolute Gasteiger partial charge is 0.378 e. The van der Waals surface area contributed by atoms with E-state index in [0.717, 1.165) is 32.5 Å². The Morgan fingerprint density at radius 2 is 1.85 bits per heavy atom. The van der Waals surface area contributed by atoms with Gasteiger partial charge in [0.2, 0.25) is 0 Å². The number of nitrogens with zero attached hydrogens (tertiary/aromatic N) is 2. The van der Waals surface area contributed by atoms with Crippen molar-refractivity contribution in [3.8, 4) is 0 Å². The summed E-state index contributed by atoms with van der Waals surface area (Å²) >= 11 is 7.13. The maximum Gasteiger partial charge on any atom is 0.137 e. The molecule has 0 aliphatic heterocycles. The van der Waals surface area contributed by atoms with Gasteiger partial charge in [0, 0.05) is 15.1 Å². The summed E-state index contributed by atoms with van der Waals surface area (Å²) in [7, 11) is 0. The third kappa shape index (κ3) is 2.47. The SMILES string of the molecule is Cc1nc2ccccn2c1CNc1c(Br)cccc1Br. The normalized spacial score (nSPS) is 10.9. The van der Waals surface area contributed by atoms with Crippen LogP contribution >= 0.6 is 31.9 Å². The number of aryl methyl sites for hydroxylation is 1. The molecule has 0 radical (unpaired) electrons. The van der Waals surface area contributed by atoms with E-state index in [2.05, 4.69) is 46.6 Å². The second kappa shape index (κ2) is 5.58. The van der Waals surface area contributed by atoms with Crippen LogP contribution in [0, 0.1) is 6.92 Å². The van der Waals surface area contributed by atoms with E-state index >= 15 is 0 Å². The Balaban J connectivity index is 1.93. The molecule has 0 unspecified atom stereocenters. The minimum absolute atomic E-state index is 0.720. The fourth-order valence-electron chi connectivity index (χ4n) is 2.22. The summed E-state index contributed by atoms with van der Waals surface area (Å²) in [5.74, 6) is 0. The Morgan fingerprint density at radius 3 is 2.60 bits per heavy atom. The van der Waals surface area contributed by atoms with Crippen molar-refractivity contribution >= 4 is 43.2 Å². The number of hydrogen-bond donors (Lipinski definition) is 1. The van der Waals surface area contributed by atoms with Gasteiger partial charge in [-0.1, -0.05) is 12.1 Å². The molecular weight excluding hydrogens is 382 g/mol. The molecule has 3 rings (SSSR count). The van der Waals surface area contributed by atoms with E-state index in [-0.39, 0.29) is 0 Å². The van der Waals surface area contributed by atoms with Crippen LogP contribution in [0.5, 0.6) is 0 Å². The highest BCUT2D eigenvalue weighted by Gasteiger charge is 2.09. The summed E-state index contributed by atoms with van der Waals surface area (Å²) in [5, 5.41) is 3.46. The average Bonchev–Trinajstić information content (AvgIpc) is 2.74. The fraction of sp³-hybridized carbons (Fsp3) is 0.133. The van der Waals surface area contributed by atoms with Crippen molar-refractivity contribution in [1.82, 2.24) is 9.38 Å². The number of nitrogens with one attached hydrogen (secondary N) is 1.